The summed E-state index contributed by atoms with van der Waals surface area (Å²) in [6, 6.07) is 18.3. The van der Waals surface area contributed by atoms with Gasteiger partial charge < -0.3 is 15.5 Å². The van der Waals surface area contributed by atoms with Gasteiger partial charge in [0.2, 0.25) is 6.17 Å². The monoisotopic (exact) mass is 497 g/mol. The van der Waals surface area contributed by atoms with Gasteiger partial charge in [-0.15, -0.1) is 0 Å². The number of fused-ring (bicyclic) bond motifs is 1. The predicted octanol–water partition coefficient (Wildman–Crippen LogP) is 5.08. The van der Waals surface area contributed by atoms with Gasteiger partial charge in [0.15, 0.2) is 5.11 Å². The van der Waals surface area contributed by atoms with E-state index in [1.54, 1.807) is 31.3 Å². The number of aryl methyl sites for hydroxylation is 1. The van der Waals surface area contributed by atoms with Gasteiger partial charge in [-0.1, -0.05) is 54.4 Å². The molecular formula is C24H21Cl2N5OS. The van der Waals surface area contributed by atoms with Gasteiger partial charge in [0, 0.05) is 33.9 Å². The number of hydrogen-bond donors (Lipinski definition) is 2. The van der Waals surface area contributed by atoms with E-state index in [2.05, 4.69) is 15.6 Å². The fraction of sp³-hybridized carbons (Fsp3) is 0.167. The topological polar surface area (TPSA) is 69.6 Å². The van der Waals surface area contributed by atoms with Crippen molar-refractivity contribution in [2.75, 3.05) is 17.3 Å². The highest BCUT2D eigenvalue weighted by molar-refractivity contribution is 7.80. The first kappa shape index (κ1) is 23.2. The zero-order valence-electron chi connectivity index (χ0n) is 18.0. The molecule has 6 nitrogen and oxygen atoms in total. The molecule has 0 aliphatic carbocycles. The highest BCUT2D eigenvalue weighted by Gasteiger charge is 2.31. The van der Waals surface area contributed by atoms with Crippen LogP contribution in [-0.4, -0.2) is 34.9 Å². The molecule has 0 saturated carbocycles. The number of benzene rings is 2. The van der Waals surface area contributed by atoms with Crippen LogP contribution in [-0.2, 0) is 11.2 Å². The Balaban J connectivity index is 1.72. The van der Waals surface area contributed by atoms with Crippen molar-refractivity contribution in [1.29, 1.82) is 0 Å². The lowest BCUT2D eigenvalue weighted by molar-refractivity contribution is -0.119. The van der Waals surface area contributed by atoms with E-state index in [4.69, 9.17) is 40.4 Å². The number of aromatic nitrogens is 1. The number of carbonyl (C=O) groups excluding carboxylic acids is 1. The molecule has 1 aromatic heterocycles. The summed E-state index contributed by atoms with van der Waals surface area (Å²) in [6.45, 7) is 2.03. The van der Waals surface area contributed by atoms with Gasteiger partial charge in [0.25, 0.3) is 5.91 Å². The van der Waals surface area contributed by atoms with E-state index in [1.165, 1.54) is 4.90 Å². The minimum Gasteiger partial charge on any atom is -0.333 e. The first-order chi connectivity index (χ1) is 15.9. The van der Waals surface area contributed by atoms with Crippen molar-refractivity contribution in [2.45, 2.75) is 19.5 Å². The van der Waals surface area contributed by atoms with Crippen LogP contribution in [0.2, 0.25) is 10.0 Å². The van der Waals surface area contributed by atoms with Crippen molar-refractivity contribution < 1.29 is 4.79 Å². The molecule has 4 rings (SSSR count). The number of hydrogen-bond acceptors (Lipinski definition) is 4. The molecule has 9 heteroatoms. The van der Waals surface area contributed by atoms with Crippen LogP contribution in [0.5, 0.6) is 0 Å². The van der Waals surface area contributed by atoms with Crippen molar-refractivity contribution in [3.63, 3.8) is 0 Å². The maximum atomic E-state index is 13.3. The van der Waals surface area contributed by atoms with Gasteiger partial charge in [0.05, 0.1) is 11.4 Å². The third kappa shape index (κ3) is 5.00. The van der Waals surface area contributed by atoms with E-state index in [1.807, 2.05) is 43.3 Å². The Hall–Kier alpha value is -3.00. The van der Waals surface area contributed by atoms with Gasteiger partial charge in [0.1, 0.15) is 5.82 Å². The smallest absolute Gasteiger partial charge is 0.272 e. The zero-order chi connectivity index (χ0) is 23.5. The minimum absolute atomic E-state index is 0.230. The summed E-state index contributed by atoms with van der Waals surface area (Å²) < 4.78 is 0. The molecule has 1 amide bonds. The SMILES string of the molecule is CCc1cccc(NC(=S)NC2N=C(c3ccccc3Cl)c3cc(Cl)ccc3N(C)C2=O)n1. The van der Waals surface area contributed by atoms with E-state index in [-0.39, 0.29) is 11.0 Å². The van der Waals surface area contributed by atoms with Gasteiger partial charge in [-0.25, -0.2) is 9.98 Å². The standard InChI is InChI=1S/C24H21Cl2N5OS/c1-3-15-7-6-10-20(27-15)28-24(33)30-22-23(32)31(2)19-12-11-14(25)13-17(19)21(29-22)16-8-4-5-9-18(16)26/h4-13,22H,3H2,1-2H3,(H2,27,28,30,33). The van der Waals surface area contributed by atoms with E-state index < -0.39 is 6.17 Å². The normalized spacial score (nSPS) is 15.4. The molecule has 168 valence electrons. The predicted molar refractivity (Wildman–Crippen MR) is 139 cm³/mol. The highest BCUT2D eigenvalue weighted by Crippen LogP contribution is 2.31. The number of amides is 1. The Kier molecular flexibility index (Phi) is 6.93. The van der Waals surface area contributed by atoms with E-state index in [9.17, 15) is 4.79 Å². The molecular weight excluding hydrogens is 477 g/mol. The molecule has 0 bridgehead atoms. The van der Waals surface area contributed by atoms with Crippen LogP contribution < -0.4 is 15.5 Å². The molecule has 0 radical (unpaired) electrons. The van der Waals surface area contributed by atoms with Crippen molar-refractivity contribution >= 4 is 63.7 Å². The van der Waals surface area contributed by atoms with Crippen molar-refractivity contribution in [2.24, 2.45) is 4.99 Å². The summed E-state index contributed by atoms with van der Waals surface area (Å²) in [7, 11) is 1.69. The Labute approximate surface area is 207 Å². The Morgan fingerprint density at radius 2 is 1.88 bits per heavy atom. The molecule has 1 unspecified atom stereocenters. The second kappa shape index (κ2) is 9.87. The van der Waals surface area contributed by atoms with E-state index in [0.717, 1.165) is 12.1 Å². The van der Waals surface area contributed by atoms with Gasteiger partial charge in [-0.2, -0.15) is 0 Å². The van der Waals surface area contributed by atoms with Crippen LogP contribution in [0.15, 0.2) is 65.7 Å². The lowest BCUT2D eigenvalue weighted by Crippen LogP contribution is -2.47. The van der Waals surface area contributed by atoms with Gasteiger partial charge in [-0.05, 0) is 55.0 Å². The number of rotatable bonds is 4. The quantitative estimate of drug-likeness (QED) is 0.492. The molecule has 2 aromatic carbocycles. The first-order valence-corrected chi connectivity index (χ1v) is 11.5. The molecule has 1 aliphatic heterocycles. The number of pyridine rings is 1. The van der Waals surface area contributed by atoms with Crippen LogP contribution in [0.25, 0.3) is 0 Å². The third-order valence-corrected chi connectivity index (χ3v) is 5.99. The number of nitrogens with zero attached hydrogens (tertiary/aromatic N) is 3. The lowest BCUT2D eigenvalue weighted by Gasteiger charge is -2.22. The molecule has 1 aliphatic rings. The highest BCUT2D eigenvalue weighted by atomic mass is 35.5. The minimum atomic E-state index is -0.984. The Morgan fingerprint density at radius 3 is 2.64 bits per heavy atom. The molecule has 33 heavy (non-hydrogen) atoms. The van der Waals surface area contributed by atoms with Crippen LogP contribution >= 0.6 is 35.4 Å². The van der Waals surface area contributed by atoms with Crippen LogP contribution in [0.1, 0.15) is 23.7 Å². The van der Waals surface area contributed by atoms with Crippen molar-refractivity contribution in [1.82, 2.24) is 10.3 Å². The maximum absolute atomic E-state index is 13.3. The fourth-order valence-corrected chi connectivity index (χ4v) is 4.14. The second-order valence-corrected chi connectivity index (χ2v) is 8.64. The van der Waals surface area contributed by atoms with Gasteiger partial charge >= 0.3 is 0 Å². The largest absolute Gasteiger partial charge is 0.333 e. The number of anilines is 2. The lowest BCUT2D eigenvalue weighted by atomic mass is 10.00. The fourth-order valence-electron chi connectivity index (χ4n) is 3.53. The zero-order valence-corrected chi connectivity index (χ0v) is 20.3. The summed E-state index contributed by atoms with van der Waals surface area (Å²) in [5.41, 5.74) is 3.53. The third-order valence-electron chi connectivity index (χ3n) is 5.21. The average molecular weight is 498 g/mol. The van der Waals surface area contributed by atoms with E-state index in [0.29, 0.717) is 38.4 Å². The molecule has 2 N–H and O–H groups in total. The number of thiocarbonyl (C=S) groups is 1. The summed E-state index contributed by atoms with van der Waals surface area (Å²) in [4.78, 5) is 24.1. The molecule has 2 heterocycles. The Morgan fingerprint density at radius 1 is 1.09 bits per heavy atom. The average Bonchev–Trinajstić information content (AvgIpc) is 2.90. The van der Waals surface area contributed by atoms with Crippen LogP contribution in [0, 0.1) is 0 Å². The second-order valence-electron chi connectivity index (χ2n) is 7.38. The first-order valence-electron chi connectivity index (χ1n) is 10.3. The maximum Gasteiger partial charge on any atom is 0.272 e. The molecule has 3 aromatic rings. The Bertz CT molecular complexity index is 1260. The van der Waals surface area contributed by atoms with Crippen LogP contribution in [0.4, 0.5) is 11.5 Å². The molecule has 0 fully saturated rings. The number of likely N-dealkylation sites (N-methyl/N-ethyl adjacent to an activating group) is 1. The van der Waals surface area contributed by atoms with Crippen molar-refractivity contribution in [3.05, 3.63) is 87.5 Å². The van der Waals surface area contributed by atoms with Crippen molar-refractivity contribution in [3.8, 4) is 0 Å². The van der Waals surface area contributed by atoms with E-state index >= 15 is 0 Å². The number of halogens is 2. The summed E-state index contributed by atoms with van der Waals surface area (Å²) in [5.74, 6) is 0.312. The number of nitrogens with one attached hydrogen (secondary N) is 2. The molecule has 0 spiro atoms. The molecule has 0 saturated heterocycles. The number of aliphatic imine (C=N–C) groups is 1. The summed E-state index contributed by atoms with van der Waals surface area (Å²) in [6.07, 6.45) is -0.185. The summed E-state index contributed by atoms with van der Waals surface area (Å²) in [5, 5.41) is 7.33. The van der Waals surface area contributed by atoms with Crippen LogP contribution in [0.3, 0.4) is 0 Å². The summed E-state index contributed by atoms with van der Waals surface area (Å²) >= 11 is 18.3. The molecule has 1 atom stereocenters. The number of carbonyl (C=O) groups is 1. The van der Waals surface area contributed by atoms with Gasteiger partial charge in [-0.3, -0.25) is 4.79 Å². The number of benzodiazepines with no additional fused rings is 1.